The average molecular weight is 368 g/mol. The number of carbonyl (C=O) groups excluding carboxylic acids is 1. The van der Waals surface area contributed by atoms with Gasteiger partial charge in [-0.25, -0.2) is 14.8 Å². The fourth-order valence-corrected chi connectivity index (χ4v) is 3.43. The fraction of sp³-hybridized carbons (Fsp3) is 0.211. The largest absolute Gasteiger partial charge is 0.462 e. The molecule has 3 rings (SSSR count). The Hall–Kier alpha value is -2.93. The molecule has 0 bridgehead atoms. The standard InChI is InChI=1S/C19H20N4O2S/c1-4-25-19(24)17-16(21-12-23(2)3)15-14(10-11-20-18(15)26-17)22-13-8-6-5-7-9-13/h5-12H,4H2,1-3H3,(H,20,22). The normalized spacial score (nSPS) is 11.0. The zero-order chi connectivity index (χ0) is 18.5. The summed E-state index contributed by atoms with van der Waals surface area (Å²) in [5.41, 5.74) is 2.37. The summed E-state index contributed by atoms with van der Waals surface area (Å²) in [5.74, 6) is -0.382. The number of aliphatic imine (C=N–C) groups is 1. The van der Waals surface area contributed by atoms with Crippen molar-refractivity contribution in [3.8, 4) is 0 Å². The number of para-hydroxylation sites is 1. The first-order valence-corrected chi connectivity index (χ1v) is 9.03. The number of fused-ring (bicyclic) bond motifs is 1. The summed E-state index contributed by atoms with van der Waals surface area (Å²) >= 11 is 1.29. The first-order valence-electron chi connectivity index (χ1n) is 8.21. The lowest BCUT2D eigenvalue weighted by Crippen LogP contribution is -2.07. The Morgan fingerprint density at radius 2 is 2.08 bits per heavy atom. The molecule has 0 aliphatic carbocycles. The van der Waals surface area contributed by atoms with E-state index < -0.39 is 0 Å². The summed E-state index contributed by atoms with van der Waals surface area (Å²) in [4.78, 5) is 24.4. The molecule has 0 spiro atoms. The summed E-state index contributed by atoms with van der Waals surface area (Å²) in [5, 5.41) is 4.19. The van der Waals surface area contributed by atoms with Gasteiger partial charge in [-0.1, -0.05) is 18.2 Å². The van der Waals surface area contributed by atoms with E-state index in [1.807, 2.05) is 55.4 Å². The second-order valence-electron chi connectivity index (χ2n) is 5.74. The summed E-state index contributed by atoms with van der Waals surface area (Å²) in [6.45, 7) is 2.10. The number of nitrogens with one attached hydrogen (secondary N) is 1. The maximum Gasteiger partial charge on any atom is 0.350 e. The van der Waals surface area contributed by atoms with E-state index in [0.29, 0.717) is 17.2 Å². The summed E-state index contributed by atoms with van der Waals surface area (Å²) in [6.07, 6.45) is 3.39. The minimum Gasteiger partial charge on any atom is -0.462 e. The minimum absolute atomic E-state index is 0.312. The van der Waals surface area contributed by atoms with Crippen LogP contribution in [0.2, 0.25) is 0 Å². The number of anilines is 2. The van der Waals surface area contributed by atoms with E-state index >= 15 is 0 Å². The Labute approximate surface area is 156 Å². The number of hydrogen-bond acceptors (Lipinski definition) is 6. The van der Waals surface area contributed by atoms with E-state index in [0.717, 1.165) is 21.6 Å². The van der Waals surface area contributed by atoms with Gasteiger partial charge in [0.05, 0.1) is 24.0 Å². The Balaban J connectivity index is 2.15. The average Bonchev–Trinajstić information content (AvgIpc) is 3.01. The van der Waals surface area contributed by atoms with Gasteiger partial charge in [-0.3, -0.25) is 0 Å². The monoisotopic (exact) mass is 368 g/mol. The van der Waals surface area contributed by atoms with Crippen LogP contribution in [-0.2, 0) is 4.74 Å². The molecule has 0 amide bonds. The third-order valence-corrected chi connectivity index (χ3v) is 4.57. The number of pyridine rings is 1. The highest BCUT2D eigenvalue weighted by molar-refractivity contribution is 7.21. The molecule has 0 fully saturated rings. The second kappa shape index (κ2) is 7.97. The fourth-order valence-electron chi connectivity index (χ4n) is 2.42. The Morgan fingerprint density at radius 1 is 1.31 bits per heavy atom. The van der Waals surface area contributed by atoms with Gasteiger partial charge in [0, 0.05) is 26.0 Å². The van der Waals surface area contributed by atoms with Crippen LogP contribution in [0.25, 0.3) is 10.2 Å². The van der Waals surface area contributed by atoms with Gasteiger partial charge >= 0.3 is 5.97 Å². The number of carbonyl (C=O) groups is 1. The molecule has 0 aliphatic rings. The van der Waals surface area contributed by atoms with Crippen LogP contribution in [0.3, 0.4) is 0 Å². The maximum absolute atomic E-state index is 12.4. The Kier molecular flexibility index (Phi) is 5.48. The van der Waals surface area contributed by atoms with Crippen LogP contribution >= 0.6 is 11.3 Å². The van der Waals surface area contributed by atoms with Crippen molar-refractivity contribution in [2.45, 2.75) is 6.92 Å². The van der Waals surface area contributed by atoms with E-state index in [2.05, 4.69) is 15.3 Å². The van der Waals surface area contributed by atoms with Crippen LogP contribution in [-0.4, -0.2) is 42.9 Å². The molecule has 1 N–H and O–H groups in total. The summed E-state index contributed by atoms with van der Waals surface area (Å²) in [7, 11) is 3.76. The second-order valence-corrected chi connectivity index (χ2v) is 6.74. The lowest BCUT2D eigenvalue weighted by Gasteiger charge is -2.09. The molecule has 0 unspecified atom stereocenters. The predicted molar refractivity (Wildman–Crippen MR) is 107 cm³/mol. The SMILES string of the molecule is CCOC(=O)c1sc2nccc(Nc3ccccc3)c2c1N=CN(C)C. The molecule has 0 aliphatic heterocycles. The molecule has 0 atom stereocenters. The van der Waals surface area contributed by atoms with Crippen LogP contribution < -0.4 is 5.32 Å². The maximum atomic E-state index is 12.4. The third kappa shape index (κ3) is 3.83. The summed E-state index contributed by atoms with van der Waals surface area (Å²) in [6, 6.07) is 11.7. The van der Waals surface area contributed by atoms with Gasteiger partial charge in [0.25, 0.3) is 0 Å². The molecule has 2 heterocycles. The zero-order valence-electron chi connectivity index (χ0n) is 14.9. The molecule has 26 heavy (non-hydrogen) atoms. The van der Waals surface area contributed by atoms with Gasteiger partial charge in [0.15, 0.2) is 0 Å². The van der Waals surface area contributed by atoms with Gasteiger partial charge in [-0.15, -0.1) is 11.3 Å². The highest BCUT2D eigenvalue weighted by Crippen LogP contribution is 2.42. The van der Waals surface area contributed by atoms with Crippen molar-refractivity contribution < 1.29 is 9.53 Å². The molecular formula is C19H20N4O2S. The van der Waals surface area contributed by atoms with Crippen LogP contribution in [0.1, 0.15) is 16.6 Å². The number of nitrogens with zero attached hydrogens (tertiary/aromatic N) is 3. The van der Waals surface area contributed by atoms with Crippen molar-refractivity contribution in [3.63, 3.8) is 0 Å². The van der Waals surface area contributed by atoms with Crippen LogP contribution in [0.5, 0.6) is 0 Å². The molecule has 0 saturated heterocycles. The van der Waals surface area contributed by atoms with Crippen molar-refractivity contribution in [2.75, 3.05) is 26.0 Å². The lowest BCUT2D eigenvalue weighted by molar-refractivity contribution is 0.0533. The lowest BCUT2D eigenvalue weighted by atomic mass is 10.2. The van der Waals surface area contributed by atoms with Gasteiger partial charge < -0.3 is 15.0 Å². The number of thiophene rings is 1. The van der Waals surface area contributed by atoms with E-state index in [9.17, 15) is 4.79 Å². The molecule has 0 radical (unpaired) electrons. The van der Waals surface area contributed by atoms with Crippen LogP contribution in [0, 0.1) is 0 Å². The molecule has 6 nitrogen and oxygen atoms in total. The van der Waals surface area contributed by atoms with Gasteiger partial charge in [0.1, 0.15) is 15.4 Å². The summed E-state index contributed by atoms with van der Waals surface area (Å²) < 4.78 is 5.20. The first-order chi connectivity index (χ1) is 12.6. The Bertz CT molecular complexity index is 935. The minimum atomic E-state index is -0.382. The molecular weight excluding hydrogens is 348 g/mol. The number of ether oxygens (including phenoxy) is 1. The van der Waals surface area contributed by atoms with Crippen molar-refractivity contribution in [2.24, 2.45) is 4.99 Å². The number of hydrogen-bond donors (Lipinski definition) is 1. The number of benzene rings is 1. The van der Waals surface area contributed by atoms with Crippen LogP contribution in [0.15, 0.2) is 47.6 Å². The van der Waals surface area contributed by atoms with Crippen LogP contribution in [0.4, 0.5) is 17.1 Å². The van der Waals surface area contributed by atoms with Crippen molar-refractivity contribution in [1.29, 1.82) is 0 Å². The van der Waals surface area contributed by atoms with Gasteiger partial charge in [-0.2, -0.15) is 0 Å². The van der Waals surface area contributed by atoms with Gasteiger partial charge in [-0.05, 0) is 25.1 Å². The van der Waals surface area contributed by atoms with Crippen molar-refractivity contribution in [3.05, 3.63) is 47.5 Å². The van der Waals surface area contributed by atoms with E-state index in [-0.39, 0.29) is 5.97 Å². The molecule has 134 valence electrons. The van der Waals surface area contributed by atoms with Crippen molar-refractivity contribution >= 4 is 50.9 Å². The highest BCUT2D eigenvalue weighted by Gasteiger charge is 2.22. The van der Waals surface area contributed by atoms with E-state index in [1.165, 1.54) is 11.3 Å². The van der Waals surface area contributed by atoms with E-state index in [1.54, 1.807) is 19.5 Å². The molecule has 0 saturated carbocycles. The zero-order valence-corrected chi connectivity index (χ0v) is 15.7. The van der Waals surface area contributed by atoms with E-state index in [4.69, 9.17) is 4.74 Å². The quantitative estimate of drug-likeness (QED) is 0.396. The Morgan fingerprint density at radius 3 is 2.77 bits per heavy atom. The molecule has 1 aromatic carbocycles. The first kappa shape index (κ1) is 17.9. The smallest absolute Gasteiger partial charge is 0.350 e. The number of aromatic nitrogens is 1. The topological polar surface area (TPSA) is 66.8 Å². The molecule has 3 aromatic rings. The highest BCUT2D eigenvalue weighted by atomic mass is 32.1. The molecule has 2 aromatic heterocycles. The predicted octanol–water partition coefficient (Wildman–Crippen LogP) is 4.44. The third-order valence-electron chi connectivity index (χ3n) is 3.50. The molecule has 7 heteroatoms. The number of rotatable bonds is 6. The van der Waals surface area contributed by atoms with Crippen molar-refractivity contribution in [1.82, 2.24) is 9.88 Å². The number of esters is 1. The van der Waals surface area contributed by atoms with Gasteiger partial charge in [0.2, 0.25) is 0 Å².